The van der Waals surface area contributed by atoms with Gasteiger partial charge in [0, 0.05) is 18.5 Å². The predicted octanol–water partition coefficient (Wildman–Crippen LogP) is 2.86. The summed E-state index contributed by atoms with van der Waals surface area (Å²) in [5.41, 5.74) is 0. The second kappa shape index (κ2) is 7.30. The van der Waals surface area contributed by atoms with Gasteiger partial charge in [-0.3, -0.25) is 9.64 Å². The normalized spacial score (nSPS) is 12.8. The molecular formula is C9H17ClF3NO. The molecule has 0 amide bonds. The summed E-state index contributed by atoms with van der Waals surface area (Å²) in [6.07, 6.45) is -3.76. The largest absolute Gasteiger partial charge is 0.522 e. The summed E-state index contributed by atoms with van der Waals surface area (Å²) in [7, 11) is 0. The molecule has 0 aliphatic rings. The highest BCUT2D eigenvalue weighted by Gasteiger charge is 2.29. The second-order valence-electron chi connectivity index (χ2n) is 3.47. The highest BCUT2D eigenvalue weighted by Crippen LogP contribution is 2.15. The van der Waals surface area contributed by atoms with Crippen LogP contribution in [0.15, 0.2) is 0 Å². The van der Waals surface area contributed by atoms with Crippen LogP contribution in [0.4, 0.5) is 13.2 Å². The Bertz CT molecular complexity index is 164. The van der Waals surface area contributed by atoms with Crippen molar-refractivity contribution in [3.05, 3.63) is 0 Å². The van der Waals surface area contributed by atoms with Crippen molar-refractivity contribution in [2.75, 3.05) is 25.6 Å². The van der Waals surface area contributed by atoms with E-state index < -0.39 is 6.36 Å². The van der Waals surface area contributed by atoms with Crippen molar-refractivity contribution < 1.29 is 17.9 Å². The van der Waals surface area contributed by atoms with E-state index >= 15 is 0 Å². The summed E-state index contributed by atoms with van der Waals surface area (Å²) in [5, 5.41) is 0. The minimum absolute atomic E-state index is 0.199. The molecule has 0 bridgehead atoms. The van der Waals surface area contributed by atoms with Crippen LogP contribution in [0.2, 0.25) is 0 Å². The van der Waals surface area contributed by atoms with Gasteiger partial charge in [0.1, 0.15) is 0 Å². The van der Waals surface area contributed by atoms with E-state index in [1.54, 1.807) is 0 Å². The maximum Gasteiger partial charge on any atom is 0.522 e. The first-order valence-electron chi connectivity index (χ1n) is 4.87. The molecular weight excluding hydrogens is 231 g/mol. The minimum atomic E-state index is -4.53. The first-order valence-corrected chi connectivity index (χ1v) is 5.41. The van der Waals surface area contributed by atoms with Gasteiger partial charge in [-0.2, -0.15) is 0 Å². The molecule has 0 heterocycles. The summed E-state index contributed by atoms with van der Waals surface area (Å²) < 4.78 is 38.8. The first kappa shape index (κ1) is 15.0. The quantitative estimate of drug-likeness (QED) is 0.642. The Morgan fingerprint density at radius 2 is 1.87 bits per heavy atom. The molecule has 0 rings (SSSR count). The number of ether oxygens (including phenoxy) is 1. The van der Waals surface area contributed by atoms with Gasteiger partial charge < -0.3 is 0 Å². The number of hydrogen-bond donors (Lipinski definition) is 0. The fraction of sp³-hybridized carbons (Fsp3) is 1.00. The van der Waals surface area contributed by atoms with Crippen LogP contribution in [-0.4, -0.2) is 42.9 Å². The van der Waals surface area contributed by atoms with E-state index in [1.165, 1.54) is 0 Å². The molecule has 2 nitrogen and oxygen atoms in total. The van der Waals surface area contributed by atoms with Gasteiger partial charge in [0.2, 0.25) is 0 Å². The van der Waals surface area contributed by atoms with Crippen molar-refractivity contribution in [1.29, 1.82) is 0 Å². The Morgan fingerprint density at radius 3 is 2.27 bits per heavy atom. The molecule has 6 heteroatoms. The lowest BCUT2D eigenvalue weighted by atomic mass is 10.3. The van der Waals surface area contributed by atoms with E-state index in [0.717, 1.165) is 6.42 Å². The van der Waals surface area contributed by atoms with E-state index in [0.29, 0.717) is 12.4 Å². The molecule has 92 valence electrons. The Morgan fingerprint density at radius 1 is 1.27 bits per heavy atom. The molecule has 0 saturated heterocycles. The van der Waals surface area contributed by atoms with Crippen LogP contribution in [0.3, 0.4) is 0 Å². The molecule has 0 aromatic heterocycles. The smallest absolute Gasteiger partial charge is 0.299 e. The fourth-order valence-electron chi connectivity index (χ4n) is 1.17. The average molecular weight is 248 g/mol. The molecule has 0 N–H and O–H groups in total. The summed E-state index contributed by atoms with van der Waals surface area (Å²) in [5.74, 6) is 0.517. The topological polar surface area (TPSA) is 12.5 Å². The van der Waals surface area contributed by atoms with Crippen molar-refractivity contribution >= 4 is 11.6 Å². The summed E-state index contributed by atoms with van der Waals surface area (Å²) in [4.78, 5) is 1.91. The highest BCUT2D eigenvalue weighted by atomic mass is 35.5. The molecule has 0 unspecified atom stereocenters. The molecule has 0 atom stereocenters. The lowest BCUT2D eigenvalue weighted by Gasteiger charge is -2.26. The van der Waals surface area contributed by atoms with Crippen LogP contribution in [0.5, 0.6) is 0 Å². The molecule has 0 spiro atoms. The van der Waals surface area contributed by atoms with Gasteiger partial charge in [-0.1, -0.05) is 0 Å². The molecule has 0 radical (unpaired) electrons. The van der Waals surface area contributed by atoms with E-state index in [4.69, 9.17) is 11.6 Å². The van der Waals surface area contributed by atoms with E-state index in [-0.39, 0.29) is 19.2 Å². The van der Waals surface area contributed by atoms with Crippen molar-refractivity contribution in [3.63, 3.8) is 0 Å². The molecule has 0 fully saturated rings. The third kappa shape index (κ3) is 8.96. The monoisotopic (exact) mass is 247 g/mol. The molecule has 0 aromatic rings. The van der Waals surface area contributed by atoms with E-state index in [9.17, 15) is 13.2 Å². The van der Waals surface area contributed by atoms with E-state index in [1.807, 2.05) is 18.7 Å². The summed E-state index contributed by atoms with van der Waals surface area (Å²) in [6, 6.07) is 0.199. The third-order valence-corrected chi connectivity index (χ3v) is 2.22. The van der Waals surface area contributed by atoms with Crippen molar-refractivity contribution in [2.45, 2.75) is 32.7 Å². The van der Waals surface area contributed by atoms with Crippen LogP contribution in [0, 0.1) is 0 Å². The van der Waals surface area contributed by atoms with Crippen LogP contribution < -0.4 is 0 Å². The summed E-state index contributed by atoms with van der Waals surface area (Å²) >= 11 is 5.52. The van der Waals surface area contributed by atoms with Gasteiger partial charge in [-0.15, -0.1) is 24.8 Å². The number of nitrogens with zero attached hydrogens (tertiary/aromatic N) is 1. The maximum absolute atomic E-state index is 11.7. The van der Waals surface area contributed by atoms with Crippen molar-refractivity contribution in [3.8, 4) is 0 Å². The lowest BCUT2D eigenvalue weighted by Crippen LogP contribution is -2.36. The zero-order valence-electron chi connectivity index (χ0n) is 8.98. The van der Waals surface area contributed by atoms with E-state index in [2.05, 4.69) is 4.74 Å². The first-order chi connectivity index (χ1) is 6.87. The van der Waals surface area contributed by atoms with Crippen LogP contribution in [-0.2, 0) is 4.74 Å². The zero-order valence-corrected chi connectivity index (χ0v) is 9.74. The predicted molar refractivity (Wildman–Crippen MR) is 54.1 cm³/mol. The lowest BCUT2D eigenvalue weighted by molar-refractivity contribution is -0.325. The highest BCUT2D eigenvalue weighted by molar-refractivity contribution is 6.17. The Labute approximate surface area is 93.3 Å². The Kier molecular flexibility index (Phi) is 7.30. The average Bonchev–Trinajstić information content (AvgIpc) is 2.08. The number of halogens is 4. The van der Waals surface area contributed by atoms with Crippen LogP contribution >= 0.6 is 11.6 Å². The zero-order chi connectivity index (χ0) is 11.9. The SMILES string of the molecule is CC(C)N(CCCCl)CCOC(F)(F)F. The molecule has 0 aliphatic carbocycles. The maximum atomic E-state index is 11.7. The molecule has 0 saturated carbocycles. The Hall–Kier alpha value is -0.0000000000000000555. The molecule has 15 heavy (non-hydrogen) atoms. The third-order valence-electron chi connectivity index (χ3n) is 1.95. The summed E-state index contributed by atoms with van der Waals surface area (Å²) in [6.45, 7) is 4.50. The molecule has 0 aliphatic heterocycles. The number of alkyl halides is 4. The standard InChI is InChI=1S/C9H17ClF3NO/c1-8(2)14(5-3-4-10)6-7-15-9(11,12)13/h8H,3-7H2,1-2H3. The van der Waals surface area contributed by atoms with Gasteiger partial charge >= 0.3 is 6.36 Å². The fourth-order valence-corrected chi connectivity index (χ4v) is 1.29. The van der Waals surface area contributed by atoms with Crippen molar-refractivity contribution in [1.82, 2.24) is 4.90 Å². The van der Waals surface area contributed by atoms with Gasteiger partial charge in [0.25, 0.3) is 0 Å². The van der Waals surface area contributed by atoms with Gasteiger partial charge in [-0.25, -0.2) is 0 Å². The second-order valence-corrected chi connectivity index (χ2v) is 3.84. The van der Waals surface area contributed by atoms with Crippen LogP contribution in [0.1, 0.15) is 20.3 Å². The van der Waals surface area contributed by atoms with Gasteiger partial charge in [-0.05, 0) is 26.8 Å². The number of rotatable bonds is 7. The molecule has 0 aromatic carbocycles. The minimum Gasteiger partial charge on any atom is -0.299 e. The van der Waals surface area contributed by atoms with Gasteiger partial charge in [0.15, 0.2) is 0 Å². The number of hydrogen-bond acceptors (Lipinski definition) is 2. The van der Waals surface area contributed by atoms with Gasteiger partial charge in [0.05, 0.1) is 6.61 Å². The van der Waals surface area contributed by atoms with Crippen molar-refractivity contribution in [2.24, 2.45) is 0 Å². The Balaban J connectivity index is 3.76. The van der Waals surface area contributed by atoms with Crippen LogP contribution in [0.25, 0.3) is 0 Å².